The molecule has 2 aromatic heterocycles. The molecule has 2 heterocycles. The van der Waals surface area contributed by atoms with Gasteiger partial charge in [0.05, 0.1) is 5.56 Å². The van der Waals surface area contributed by atoms with E-state index in [-0.39, 0.29) is 11.5 Å². The molecule has 0 saturated carbocycles. The molecule has 0 saturated heterocycles. The number of rotatable bonds is 4. The topological polar surface area (TPSA) is 97.1 Å². The van der Waals surface area contributed by atoms with Crippen molar-refractivity contribution in [1.82, 2.24) is 14.8 Å². The van der Waals surface area contributed by atoms with Crippen LogP contribution in [-0.4, -0.2) is 31.7 Å². The maximum Gasteiger partial charge on any atom is 0.338 e. The summed E-state index contributed by atoms with van der Waals surface area (Å²) in [5.74, 6) is -1.40. The molecule has 0 fully saturated rings. The van der Waals surface area contributed by atoms with Crippen molar-refractivity contribution in [3.63, 3.8) is 0 Å². The number of carbonyl (C=O) groups is 2. The Balaban J connectivity index is 2.17. The Hall–Kier alpha value is -2.22. The number of amides is 1. The molecule has 7 nitrogen and oxygen atoms in total. The highest BCUT2D eigenvalue weighted by Gasteiger charge is 2.20. The van der Waals surface area contributed by atoms with Gasteiger partial charge in [-0.15, -0.1) is 11.3 Å². The number of aromatic nitrogens is 3. The van der Waals surface area contributed by atoms with E-state index in [4.69, 9.17) is 5.11 Å². The standard InChI is InChI=1S/C11H12N4O3S/c1-6-3-8(11(17)18)10(19-6)14-9(16)7(2)15-5-12-4-13-15/h3-5,7H,1-2H3,(H,14,16)(H,17,18). The Bertz CT molecular complexity index is 605. The van der Waals surface area contributed by atoms with Crippen molar-refractivity contribution in [2.24, 2.45) is 0 Å². The maximum atomic E-state index is 12.0. The Morgan fingerprint density at radius 2 is 2.26 bits per heavy atom. The molecule has 2 aromatic rings. The first-order valence-electron chi connectivity index (χ1n) is 5.47. The number of aromatic carboxylic acids is 1. The van der Waals surface area contributed by atoms with Crippen LogP contribution in [0.25, 0.3) is 0 Å². The zero-order chi connectivity index (χ0) is 14.0. The average Bonchev–Trinajstić information content (AvgIpc) is 2.97. The summed E-state index contributed by atoms with van der Waals surface area (Å²) in [7, 11) is 0. The Kier molecular flexibility index (Phi) is 3.61. The van der Waals surface area contributed by atoms with Crippen LogP contribution in [0, 0.1) is 6.92 Å². The van der Waals surface area contributed by atoms with E-state index in [1.54, 1.807) is 13.8 Å². The van der Waals surface area contributed by atoms with E-state index in [1.165, 1.54) is 34.7 Å². The van der Waals surface area contributed by atoms with E-state index >= 15 is 0 Å². The molecular formula is C11H12N4O3S. The van der Waals surface area contributed by atoms with Gasteiger partial charge >= 0.3 is 5.97 Å². The first-order chi connectivity index (χ1) is 8.99. The quantitative estimate of drug-likeness (QED) is 0.885. The molecule has 0 aliphatic carbocycles. The Morgan fingerprint density at radius 1 is 1.53 bits per heavy atom. The molecule has 8 heteroatoms. The molecule has 1 unspecified atom stereocenters. The predicted octanol–water partition coefficient (Wildman–Crippen LogP) is 1.55. The van der Waals surface area contributed by atoms with Crippen molar-refractivity contribution >= 4 is 28.2 Å². The highest BCUT2D eigenvalue weighted by Crippen LogP contribution is 2.28. The van der Waals surface area contributed by atoms with Gasteiger partial charge in [0.15, 0.2) is 0 Å². The number of carboxylic acids is 1. The number of hydrogen-bond donors (Lipinski definition) is 2. The second-order valence-corrected chi connectivity index (χ2v) is 5.20. The molecule has 1 amide bonds. The SMILES string of the molecule is Cc1cc(C(=O)O)c(NC(=O)C(C)n2cncn2)s1. The Labute approximate surface area is 112 Å². The predicted molar refractivity (Wildman–Crippen MR) is 69.4 cm³/mol. The van der Waals surface area contributed by atoms with Crippen molar-refractivity contribution < 1.29 is 14.7 Å². The third-order valence-corrected chi connectivity index (χ3v) is 3.50. The van der Waals surface area contributed by atoms with Gasteiger partial charge in [-0.05, 0) is 19.9 Å². The van der Waals surface area contributed by atoms with E-state index < -0.39 is 12.0 Å². The molecule has 100 valence electrons. The van der Waals surface area contributed by atoms with Crippen LogP contribution in [0.3, 0.4) is 0 Å². The number of nitrogens with one attached hydrogen (secondary N) is 1. The maximum absolute atomic E-state index is 12.0. The van der Waals surface area contributed by atoms with Gasteiger partial charge in [0.25, 0.3) is 0 Å². The molecule has 2 N–H and O–H groups in total. The first kappa shape index (κ1) is 13.2. The number of carbonyl (C=O) groups excluding carboxylic acids is 1. The van der Waals surface area contributed by atoms with Gasteiger partial charge in [-0.2, -0.15) is 5.10 Å². The van der Waals surface area contributed by atoms with Gasteiger partial charge < -0.3 is 10.4 Å². The molecule has 2 rings (SSSR count). The minimum atomic E-state index is -1.06. The number of carboxylic acid groups (broad SMARTS) is 1. The summed E-state index contributed by atoms with van der Waals surface area (Å²) in [6.07, 6.45) is 2.77. The summed E-state index contributed by atoms with van der Waals surface area (Å²) in [4.78, 5) is 27.6. The van der Waals surface area contributed by atoms with Gasteiger partial charge in [0.1, 0.15) is 23.7 Å². The van der Waals surface area contributed by atoms with Crippen molar-refractivity contribution in [3.05, 3.63) is 29.2 Å². The van der Waals surface area contributed by atoms with Crippen LogP contribution < -0.4 is 5.32 Å². The van der Waals surface area contributed by atoms with Gasteiger partial charge in [0.2, 0.25) is 5.91 Å². The minimum absolute atomic E-state index is 0.0987. The van der Waals surface area contributed by atoms with Crippen LogP contribution in [0.5, 0.6) is 0 Å². The van der Waals surface area contributed by atoms with E-state index in [1.807, 2.05) is 0 Å². The number of nitrogens with zero attached hydrogens (tertiary/aromatic N) is 3. The van der Waals surface area contributed by atoms with Crippen LogP contribution in [0.15, 0.2) is 18.7 Å². The number of anilines is 1. The monoisotopic (exact) mass is 280 g/mol. The van der Waals surface area contributed by atoms with Gasteiger partial charge in [-0.3, -0.25) is 4.79 Å². The van der Waals surface area contributed by atoms with E-state index in [2.05, 4.69) is 15.4 Å². The lowest BCUT2D eigenvalue weighted by Gasteiger charge is -2.11. The summed E-state index contributed by atoms with van der Waals surface area (Å²) in [5, 5.41) is 15.9. The fraction of sp³-hybridized carbons (Fsp3) is 0.273. The van der Waals surface area contributed by atoms with Crippen molar-refractivity contribution in [3.8, 4) is 0 Å². The largest absolute Gasteiger partial charge is 0.478 e. The fourth-order valence-corrected chi connectivity index (χ4v) is 2.43. The van der Waals surface area contributed by atoms with Gasteiger partial charge in [-0.25, -0.2) is 14.5 Å². The smallest absolute Gasteiger partial charge is 0.338 e. The molecule has 19 heavy (non-hydrogen) atoms. The third kappa shape index (κ3) is 2.79. The molecule has 0 bridgehead atoms. The molecule has 1 atom stereocenters. The highest BCUT2D eigenvalue weighted by atomic mass is 32.1. The summed E-state index contributed by atoms with van der Waals surface area (Å²) in [5.41, 5.74) is 0.0987. The van der Waals surface area contributed by atoms with Crippen molar-refractivity contribution in [1.29, 1.82) is 0 Å². The number of aryl methyl sites for hydroxylation is 1. The molecule has 0 radical (unpaired) electrons. The van der Waals surface area contributed by atoms with Gasteiger partial charge in [0, 0.05) is 4.88 Å². The molecule has 0 aliphatic heterocycles. The van der Waals surface area contributed by atoms with Gasteiger partial charge in [-0.1, -0.05) is 0 Å². The molecule has 0 aromatic carbocycles. The lowest BCUT2D eigenvalue weighted by atomic mass is 10.3. The van der Waals surface area contributed by atoms with Crippen LogP contribution in [0.1, 0.15) is 28.2 Å². The van der Waals surface area contributed by atoms with Crippen molar-refractivity contribution in [2.75, 3.05) is 5.32 Å². The summed E-state index contributed by atoms with van der Waals surface area (Å²) in [6, 6.07) is 0.967. The number of hydrogen-bond acceptors (Lipinski definition) is 5. The zero-order valence-corrected chi connectivity index (χ0v) is 11.1. The van der Waals surface area contributed by atoms with Crippen molar-refractivity contribution in [2.45, 2.75) is 19.9 Å². The molecule has 0 aliphatic rings. The normalized spacial score (nSPS) is 12.1. The van der Waals surface area contributed by atoms with E-state index in [0.717, 1.165) is 4.88 Å². The zero-order valence-electron chi connectivity index (χ0n) is 10.3. The minimum Gasteiger partial charge on any atom is -0.478 e. The second-order valence-electron chi connectivity index (χ2n) is 3.95. The summed E-state index contributed by atoms with van der Waals surface area (Å²) < 4.78 is 1.40. The lowest BCUT2D eigenvalue weighted by Crippen LogP contribution is -2.24. The van der Waals surface area contributed by atoms with Crippen LogP contribution in [0.4, 0.5) is 5.00 Å². The Morgan fingerprint density at radius 3 is 2.84 bits per heavy atom. The molecular weight excluding hydrogens is 268 g/mol. The first-order valence-corrected chi connectivity index (χ1v) is 6.29. The lowest BCUT2D eigenvalue weighted by molar-refractivity contribution is -0.119. The van der Waals surface area contributed by atoms with Crippen LogP contribution in [-0.2, 0) is 4.79 Å². The van der Waals surface area contributed by atoms with Crippen LogP contribution >= 0.6 is 11.3 Å². The summed E-state index contributed by atoms with van der Waals surface area (Å²) >= 11 is 1.23. The highest BCUT2D eigenvalue weighted by molar-refractivity contribution is 7.16. The van der Waals surface area contributed by atoms with E-state index in [9.17, 15) is 9.59 Å². The third-order valence-electron chi connectivity index (χ3n) is 2.54. The molecule has 0 spiro atoms. The number of thiophene rings is 1. The average molecular weight is 280 g/mol. The summed E-state index contributed by atoms with van der Waals surface area (Å²) in [6.45, 7) is 3.44. The van der Waals surface area contributed by atoms with Crippen LogP contribution in [0.2, 0.25) is 0 Å². The fourth-order valence-electron chi connectivity index (χ4n) is 1.52. The second kappa shape index (κ2) is 5.19. The van der Waals surface area contributed by atoms with E-state index in [0.29, 0.717) is 5.00 Å².